The molecule has 1 aromatic carbocycles. The van der Waals surface area contributed by atoms with Crippen LogP contribution in [0.2, 0.25) is 5.02 Å². The van der Waals surface area contributed by atoms with Crippen LogP contribution in [0.3, 0.4) is 0 Å². The molecule has 0 unspecified atom stereocenters. The Bertz CT molecular complexity index is 881. The Morgan fingerprint density at radius 3 is 2.73 bits per heavy atom. The molecule has 2 heterocycles. The molecule has 1 aromatic heterocycles. The third-order valence-electron chi connectivity index (χ3n) is 4.24. The third kappa shape index (κ3) is 4.10. The molecule has 2 aromatic rings. The highest BCUT2D eigenvalue weighted by Gasteiger charge is 2.36. The molecule has 3 N–H and O–H groups in total. The van der Waals surface area contributed by atoms with Crippen molar-refractivity contribution in [1.82, 2.24) is 15.3 Å². The molecule has 1 saturated heterocycles. The molecule has 0 spiro atoms. The average molecular weight is 389 g/mol. The number of anilines is 1. The van der Waals surface area contributed by atoms with Crippen molar-refractivity contribution >= 4 is 17.4 Å². The van der Waals surface area contributed by atoms with Gasteiger partial charge in [0.15, 0.2) is 0 Å². The Balaban J connectivity index is 1.68. The fourth-order valence-electron chi connectivity index (χ4n) is 3.06. The molecule has 140 valence electrons. The summed E-state index contributed by atoms with van der Waals surface area (Å²) >= 11 is 5.72. The van der Waals surface area contributed by atoms with Crippen molar-refractivity contribution in [3.05, 3.63) is 61.3 Å². The number of alkyl halides is 3. The van der Waals surface area contributed by atoms with Gasteiger partial charge in [-0.15, -0.1) is 0 Å². The molecule has 3 rings (SSSR count). The van der Waals surface area contributed by atoms with Crippen LogP contribution in [0.25, 0.3) is 0 Å². The first kappa shape index (κ1) is 18.5. The van der Waals surface area contributed by atoms with Crippen LogP contribution >= 0.6 is 11.6 Å². The molecular weight excluding hydrogens is 373 g/mol. The van der Waals surface area contributed by atoms with Crippen LogP contribution in [0, 0.1) is 0 Å². The number of aromatic amines is 2. The molecule has 0 aliphatic carbocycles. The van der Waals surface area contributed by atoms with Crippen LogP contribution in [0.1, 0.15) is 17.5 Å². The van der Waals surface area contributed by atoms with Crippen molar-refractivity contribution in [2.75, 3.05) is 18.0 Å². The lowest BCUT2D eigenvalue weighted by Gasteiger charge is -2.19. The molecule has 1 aliphatic heterocycles. The van der Waals surface area contributed by atoms with Gasteiger partial charge < -0.3 is 10.2 Å². The highest BCUT2D eigenvalue weighted by Crippen LogP contribution is 2.37. The normalized spacial score (nSPS) is 17.7. The summed E-state index contributed by atoms with van der Waals surface area (Å²) in [5.74, 6) is 0.391. The number of nitrogens with one attached hydrogen (secondary N) is 3. The van der Waals surface area contributed by atoms with E-state index in [1.807, 2.05) is 0 Å². The number of H-pyrrole nitrogens is 2. The highest BCUT2D eigenvalue weighted by molar-refractivity contribution is 6.31. The summed E-state index contributed by atoms with van der Waals surface area (Å²) in [5, 5.41) is 2.76. The average Bonchev–Trinajstić information content (AvgIpc) is 2.99. The van der Waals surface area contributed by atoms with Gasteiger partial charge in [0, 0.05) is 31.7 Å². The van der Waals surface area contributed by atoms with E-state index in [1.54, 1.807) is 4.90 Å². The number of hydrogen-bond acceptors (Lipinski definition) is 4. The Morgan fingerprint density at radius 2 is 2.04 bits per heavy atom. The fraction of sp³-hybridized carbons (Fsp3) is 0.375. The van der Waals surface area contributed by atoms with Crippen molar-refractivity contribution in [3.63, 3.8) is 0 Å². The minimum atomic E-state index is -4.53. The number of aromatic nitrogens is 2. The van der Waals surface area contributed by atoms with Crippen molar-refractivity contribution in [1.29, 1.82) is 0 Å². The number of benzene rings is 1. The third-order valence-corrected chi connectivity index (χ3v) is 4.55. The van der Waals surface area contributed by atoms with Crippen LogP contribution in [0.4, 0.5) is 19.0 Å². The van der Waals surface area contributed by atoms with E-state index in [0.29, 0.717) is 25.3 Å². The standard InChI is InChI=1S/C16H16ClF3N4O2/c17-11-3-1-2-9(14(11)16(18,19)20)7-21-10-4-5-24(8-10)12-6-13(25)23-15(26)22-12/h1-3,6,10,21H,4-5,7-8H2,(H2,22,23,25,26)/t10-/m1/s1. The zero-order chi connectivity index (χ0) is 18.9. The van der Waals surface area contributed by atoms with Crippen molar-refractivity contribution in [3.8, 4) is 0 Å². The summed E-state index contributed by atoms with van der Waals surface area (Å²) < 4.78 is 39.5. The van der Waals surface area contributed by atoms with Crippen LogP contribution in [0.15, 0.2) is 33.9 Å². The van der Waals surface area contributed by atoms with Gasteiger partial charge in [0.2, 0.25) is 0 Å². The number of hydrogen-bond donors (Lipinski definition) is 3. The van der Waals surface area contributed by atoms with Gasteiger partial charge in [0.1, 0.15) is 5.82 Å². The lowest BCUT2D eigenvalue weighted by molar-refractivity contribution is -0.138. The van der Waals surface area contributed by atoms with Gasteiger partial charge in [-0.3, -0.25) is 14.8 Å². The van der Waals surface area contributed by atoms with Gasteiger partial charge >= 0.3 is 11.9 Å². The summed E-state index contributed by atoms with van der Waals surface area (Å²) in [7, 11) is 0. The molecule has 6 nitrogen and oxygen atoms in total. The molecule has 26 heavy (non-hydrogen) atoms. The first-order chi connectivity index (χ1) is 12.2. The quantitative estimate of drug-likeness (QED) is 0.749. The Labute approximate surface area is 151 Å². The van der Waals surface area contributed by atoms with Crippen molar-refractivity contribution < 1.29 is 13.2 Å². The molecule has 1 aliphatic rings. The summed E-state index contributed by atoms with van der Waals surface area (Å²) in [6, 6.07) is 5.29. The fourth-order valence-corrected chi connectivity index (χ4v) is 3.36. The number of halogens is 4. The minimum absolute atomic E-state index is 0.0137. The summed E-state index contributed by atoms with van der Waals surface area (Å²) in [5.41, 5.74) is -1.86. The van der Waals surface area contributed by atoms with Crippen LogP contribution in [0.5, 0.6) is 0 Å². The van der Waals surface area contributed by atoms with Crippen LogP contribution < -0.4 is 21.5 Å². The number of nitrogens with zero attached hydrogens (tertiary/aromatic N) is 1. The Morgan fingerprint density at radius 1 is 1.27 bits per heavy atom. The smallest absolute Gasteiger partial charge is 0.356 e. The molecule has 0 saturated carbocycles. The van der Waals surface area contributed by atoms with E-state index >= 15 is 0 Å². The predicted octanol–water partition coefficient (Wildman–Crippen LogP) is 2.10. The maximum atomic E-state index is 13.2. The van der Waals surface area contributed by atoms with Crippen LogP contribution in [-0.4, -0.2) is 29.1 Å². The van der Waals surface area contributed by atoms with Crippen LogP contribution in [-0.2, 0) is 12.7 Å². The van der Waals surface area contributed by atoms with Gasteiger partial charge in [-0.1, -0.05) is 23.7 Å². The highest BCUT2D eigenvalue weighted by atomic mass is 35.5. The number of rotatable bonds is 4. The maximum absolute atomic E-state index is 13.2. The molecule has 0 bridgehead atoms. The van der Waals surface area contributed by atoms with Gasteiger partial charge in [-0.05, 0) is 18.1 Å². The topological polar surface area (TPSA) is 81.0 Å². The molecule has 10 heteroatoms. The summed E-state index contributed by atoms with van der Waals surface area (Å²) in [4.78, 5) is 29.2. The second-order valence-corrected chi connectivity index (χ2v) is 6.46. The van der Waals surface area contributed by atoms with E-state index in [-0.39, 0.29) is 23.2 Å². The Kier molecular flexibility index (Phi) is 5.10. The molecule has 1 atom stereocenters. The van der Waals surface area contributed by atoms with E-state index in [1.165, 1.54) is 24.3 Å². The zero-order valence-electron chi connectivity index (χ0n) is 13.5. The van der Waals surface area contributed by atoms with Gasteiger partial charge in [0.25, 0.3) is 5.56 Å². The van der Waals surface area contributed by atoms with E-state index in [0.717, 1.165) is 0 Å². The van der Waals surface area contributed by atoms with Crippen molar-refractivity contribution in [2.45, 2.75) is 25.2 Å². The predicted molar refractivity (Wildman–Crippen MR) is 91.6 cm³/mol. The van der Waals surface area contributed by atoms with Gasteiger partial charge in [-0.2, -0.15) is 13.2 Å². The maximum Gasteiger partial charge on any atom is 0.418 e. The minimum Gasteiger partial charge on any atom is -0.356 e. The first-order valence-electron chi connectivity index (χ1n) is 7.90. The summed E-state index contributed by atoms with van der Waals surface area (Å²) in [6.07, 6.45) is -3.86. The lowest BCUT2D eigenvalue weighted by Crippen LogP contribution is -2.34. The largest absolute Gasteiger partial charge is 0.418 e. The second kappa shape index (κ2) is 7.16. The van der Waals surface area contributed by atoms with E-state index in [9.17, 15) is 22.8 Å². The molecule has 0 radical (unpaired) electrons. The molecular formula is C16H16ClF3N4O2. The van der Waals surface area contributed by atoms with E-state index in [2.05, 4.69) is 15.3 Å². The second-order valence-electron chi connectivity index (χ2n) is 6.06. The van der Waals surface area contributed by atoms with E-state index in [4.69, 9.17) is 11.6 Å². The Hall–Kier alpha value is -2.26. The monoisotopic (exact) mass is 388 g/mol. The van der Waals surface area contributed by atoms with Gasteiger partial charge in [-0.25, -0.2) is 4.79 Å². The lowest BCUT2D eigenvalue weighted by atomic mass is 10.1. The molecule has 1 fully saturated rings. The van der Waals surface area contributed by atoms with Gasteiger partial charge in [0.05, 0.1) is 10.6 Å². The van der Waals surface area contributed by atoms with Crippen molar-refractivity contribution in [2.24, 2.45) is 0 Å². The first-order valence-corrected chi connectivity index (χ1v) is 8.28. The zero-order valence-corrected chi connectivity index (χ0v) is 14.2. The van der Waals surface area contributed by atoms with E-state index < -0.39 is 23.0 Å². The summed E-state index contributed by atoms with van der Waals surface area (Å²) in [6.45, 7) is 1.04. The SMILES string of the molecule is O=c1cc(N2CC[C@@H](NCc3cccc(Cl)c3C(F)(F)F)C2)[nH]c(=O)[nH]1. The molecule has 0 amide bonds.